The number of rotatable bonds is 4. The Morgan fingerprint density at radius 3 is 2.79 bits per heavy atom. The molecule has 0 saturated carbocycles. The zero-order valence-corrected chi connectivity index (χ0v) is 8.85. The van der Waals surface area contributed by atoms with Gasteiger partial charge in [0.1, 0.15) is 0 Å². The molecule has 1 fully saturated rings. The molecule has 0 bridgehead atoms. The van der Waals surface area contributed by atoms with E-state index < -0.39 is 9.84 Å². The molecule has 1 saturated heterocycles. The average molecular weight is 217 g/mol. The van der Waals surface area contributed by atoms with E-state index in [2.05, 4.69) is 11.9 Å². The van der Waals surface area contributed by atoms with E-state index in [1.54, 1.807) is 0 Å². The highest BCUT2D eigenvalue weighted by atomic mass is 32.2. The van der Waals surface area contributed by atoms with Crippen LogP contribution in [-0.2, 0) is 14.6 Å². The Balaban J connectivity index is 2.32. The van der Waals surface area contributed by atoms with Gasteiger partial charge < -0.3 is 5.32 Å². The number of carbonyl (C=O) groups is 1. The lowest BCUT2D eigenvalue weighted by Gasteiger charge is -2.08. The van der Waals surface area contributed by atoms with Crippen molar-refractivity contribution < 1.29 is 13.2 Å². The standard InChI is InChI=1S/C9H15NO3S/c1-2-9(11)10-6-5-8-4-3-7-14(8,12)13/h2,8H,1,3-7H2,(H,10,11). The molecule has 4 nitrogen and oxygen atoms in total. The third-order valence-corrected chi connectivity index (χ3v) is 4.76. The summed E-state index contributed by atoms with van der Waals surface area (Å²) in [4.78, 5) is 10.8. The van der Waals surface area contributed by atoms with Crippen LogP contribution in [0.5, 0.6) is 0 Å². The summed E-state index contributed by atoms with van der Waals surface area (Å²) < 4.78 is 22.7. The van der Waals surface area contributed by atoms with Crippen molar-refractivity contribution in [3.8, 4) is 0 Å². The number of hydrogen-bond donors (Lipinski definition) is 1. The Bertz CT molecular complexity index is 321. The van der Waals surface area contributed by atoms with E-state index >= 15 is 0 Å². The highest BCUT2D eigenvalue weighted by Crippen LogP contribution is 2.22. The van der Waals surface area contributed by atoms with E-state index in [4.69, 9.17) is 0 Å². The fourth-order valence-corrected chi connectivity index (χ4v) is 3.52. The van der Waals surface area contributed by atoms with E-state index in [0.717, 1.165) is 12.8 Å². The Labute approximate surface area is 84.3 Å². The average Bonchev–Trinajstić information content (AvgIpc) is 2.45. The second-order valence-electron chi connectivity index (χ2n) is 3.42. The SMILES string of the molecule is C=CC(=O)NCCC1CCCS1(=O)=O. The molecule has 80 valence electrons. The van der Waals surface area contributed by atoms with Gasteiger partial charge in [-0.2, -0.15) is 0 Å². The molecule has 0 aromatic heterocycles. The third-order valence-electron chi connectivity index (χ3n) is 2.41. The number of sulfone groups is 1. The summed E-state index contributed by atoms with van der Waals surface area (Å²) in [7, 11) is -2.87. The monoisotopic (exact) mass is 217 g/mol. The Kier molecular flexibility index (Phi) is 3.69. The molecule has 1 aliphatic rings. The number of amides is 1. The summed E-state index contributed by atoms with van der Waals surface area (Å²) in [5.41, 5.74) is 0. The maximum atomic E-state index is 11.4. The van der Waals surface area contributed by atoms with Crippen molar-refractivity contribution in [1.82, 2.24) is 5.32 Å². The fourth-order valence-electron chi connectivity index (χ4n) is 1.61. The van der Waals surface area contributed by atoms with Crippen LogP contribution in [0.2, 0.25) is 0 Å². The molecule has 1 heterocycles. The molecule has 0 aliphatic carbocycles. The van der Waals surface area contributed by atoms with Gasteiger partial charge in [0.2, 0.25) is 5.91 Å². The van der Waals surface area contributed by atoms with E-state index in [9.17, 15) is 13.2 Å². The normalized spacial score (nSPS) is 24.4. The number of hydrogen-bond acceptors (Lipinski definition) is 3. The minimum atomic E-state index is -2.87. The Morgan fingerprint density at radius 2 is 2.29 bits per heavy atom. The van der Waals surface area contributed by atoms with Crippen LogP contribution in [0.25, 0.3) is 0 Å². The van der Waals surface area contributed by atoms with Crippen molar-refractivity contribution in [3.05, 3.63) is 12.7 Å². The lowest BCUT2D eigenvalue weighted by Crippen LogP contribution is -2.27. The quantitative estimate of drug-likeness (QED) is 0.687. The van der Waals surface area contributed by atoms with Crippen molar-refractivity contribution in [1.29, 1.82) is 0 Å². The maximum Gasteiger partial charge on any atom is 0.243 e. The lowest BCUT2D eigenvalue weighted by atomic mass is 10.2. The number of nitrogens with one attached hydrogen (secondary N) is 1. The van der Waals surface area contributed by atoms with E-state index in [1.807, 2.05) is 0 Å². The summed E-state index contributed by atoms with van der Waals surface area (Å²) in [5.74, 6) is 0.0490. The molecule has 1 amide bonds. The molecule has 1 unspecified atom stereocenters. The predicted octanol–water partition coefficient (Wildman–Crippen LogP) is 0.256. The topological polar surface area (TPSA) is 63.2 Å². The summed E-state index contributed by atoms with van der Waals surface area (Å²) in [6.07, 6.45) is 3.18. The summed E-state index contributed by atoms with van der Waals surface area (Å²) in [5, 5.41) is 2.32. The van der Waals surface area contributed by atoms with Gasteiger partial charge in [-0.25, -0.2) is 8.42 Å². The van der Waals surface area contributed by atoms with Gasteiger partial charge in [-0.05, 0) is 25.3 Å². The summed E-state index contributed by atoms with van der Waals surface area (Å²) in [6, 6.07) is 0. The van der Waals surface area contributed by atoms with Gasteiger partial charge in [-0.1, -0.05) is 6.58 Å². The van der Waals surface area contributed by atoms with Gasteiger partial charge in [0.05, 0.1) is 11.0 Å². The van der Waals surface area contributed by atoms with Gasteiger partial charge in [-0.3, -0.25) is 4.79 Å². The highest BCUT2D eigenvalue weighted by molar-refractivity contribution is 7.92. The first-order valence-corrected chi connectivity index (χ1v) is 6.39. The van der Waals surface area contributed by atoms with Gasteiger partial charge >= 0.3 is 0 Å². The molecular formula is C9H15NO3S. The van der Waals surface area contributed by atoms with Crippen LogP contribution in [0.1, 0.15) is 19.3 Å². The van der Waals surface area contributed by atoms with Crippen LogP contribution in [-0.4, -0.2) is 31.9 Å². The molecule has 1 N–H and O–H groups in total. The van der Waals surface area contributed by atoms with Gasteiger partial charge in [0, 0.05) is 6.54 Å². The lowest BCUT2D eigenvalue weighted by molar-refractivity contribution is -0.116. The first-order chi connectivity index (χ1) is 6.56. The summed E-state index contributed by atoms with van der Waals surface area (Å²) in [6.45, 7) is 3.72. The molecule has 1 atom stereocenters. The smallest absolute Gasteiger partial charge is 0.243 e. The molecule has 0 aromatic carbocycles. The molecule has 5 heteroatoms. The van der Waals surface area contributed by atoms with E-state index in [0.29, 0.717) is 18.7 Å². The van der Waals surface area contributed by atoms with Crippen molar-refractivity contribution in [2.45, 2.75) is 24.5 Å². The second kappa shape index (κ2) is 4.59. The maximum absolute atomic E-state index is 11.4. The van der Waals surface area contributed by atoms with Crippen LogP contribution >= 0.6 is 0 Å². The molecule has 0 radical (unpaired) electrons. The molecule has 0 spiro atoms. The molecule has 14 heavy (non-hydrogen) atoms. The largest absolute Gasteiger partial charge is 0.353 e. The minimum absolute atomic E-state index is 0.250. The molecular weight excluding hydrogens is 202 g/mol. The van der Waals surface area contributed by atoms with Crippen LogP contribution < -0.4 is 5.32 Å². The van der Waals surface area contributed by atoms with Crippen LogP contribution in [0.15, 0.2) is 12.7 Å². The van der Waals surface area contributed by atoms with Crippen LogP contribution in [0, 0.1) is 0 Å². The second-order valence-corrected chi connectivity index (χ2v) is 5.82. The Morgan fingerprint density at radius 1 is 1.57 bits per heavy atom. The molecule has 1 rings (SSSR count). The van der Waals surface area contributed by atoms with Crippen LogP contribution in [0.4, 0.5) is 0 Å². The van der Waals surface area contributed by atoms with Gasteiger partial charge in [0.25, 0.3) is 0 Å². The molecule has 0 aromatic rings. The van der Waals surface area contributed by atoms with E-state index in [-0.39, 0.29) is 11.2 Å². The van der Waals surface area contributed by atoms with Crippen molar-refractivity contribution >= 4 is 15.7 Å². The number of carbonyl (C=O) groups excluding carboxylic acids is 1. The fraction of sp³-hybridized carbons (Fsp3) is 0.667. The first kappa shape index (κ1) is 11.2. The Hall–Kier alpha value is -0.840. The minimum Gasteiger partial charge on any atom is -0.353 e. The zero-order valence-electron chi connectivity index (χ0n) is 8.03. The van der Waals surface area contributed by atoms with Gasteiger partial charge in [0.15, 0.2) is 9.84 Å². The highest BCUT2D eigenvalue weighted by Gasteiger charge is 2.30. The van der Waals surface area contributed by atoms with Crippen LogP contribution in [0.3, 0.4) is 0 Å². The summed E-state index contributed by atoms with van der Waals surface area (Å²) >= 11 is 0. The predicted molar refractivity (Wildman–Crippen MR) is 54.6 cm³/mol. The van der Waals surface area contributed by atoms with Gasteiger partial charge in [-0.15, -0.1) is 0 Å². The van der Waals surface area contributed by atoms with Crippen molar-refractivity contribution in [3.63, 3.8) is 0 Å². The van der Waals surface area contributed by atoms with Crippen molar-refractivity contribution in [2.75, 3.05) is 12.3 Å². The first-order valence-electron chi connectivity index (χ1n) is 4.68. The molecule has 1 aliphatic heterocycles. The third kappa shape index (κ3) is 2.83. The zero-order chi connectivity index (χ0) is 10.6. The van der Waals surface area contributed by atoms with Crippen molar-refractivity contribution in [2.24, 2.45) is 0 Å². The van der Waals surface area contributed by atoms with E-state index in [1.165, 1.54) is 6.08 Å².